The van der Waals surface area contributed by atoms with E-state index in [0.29, 0.717) is 24.9 Å². The van der Waals surface area contributed by atoms with Gasteiger partial charge in [-0.2, -0.15) is 0 Å². The number of rotatable bonds is 8. The van der Waals surface area contributed by atoms with Crippen molar-refractivity contribution >= 4 is 11.9 Å². The summed E-state index contributed by atoms with van der Waals surface area (Å²) in [5.74, 6) is -1.13. The van der Waals surface area contributed by atoms with Crippen LogP contribution < -0.4 is 20.8 Å². The molecule has 0 amide bonds. The molecule has 5 heterocycles. The van der Waals surface area contributed by atoms with Gasteiger partial charge >= 0.3 is 19.9 Å². The fourth-order valence-electron chi connectivity index (χ4n) is 9.62. The second kappa shape index (κ2) is 14.5. The number of hydrogen-bond acceptors (Lipinski definition) is 6. The van der Waals surface area contributed by atoms with Crippen LogP contribution in [0.4, 0.5) is 0 Å². The van der Waals surface area contributed by atoms with Gasteiger partial charge in [0, 0.05) is 36.1 Å². The van der Waals surface area contributed by atoms with E-state index < -0.39 is 11.9 Å². The average Bonchev–Trinajstić information content (AvgIpc) is 3.59. The maximum Gasteiger partial charge on any atom is 2.00 e. The van der Waals surface area contributed by atoms with Crippen molar-refractivity contribution in [2.45, 2.75) is 154 Å². The van der Waals surface area contributed by atoms with Crippen molar-refractivity contribution in [1.29, 1.82) is 0 Å². The number of carbonyl (C=O) groups is 2. The molecular formula is C34H54FeN4O4. The van der Waals surface area contributed by atoms with Crippen LogP contribution in [0.15, 0.2) is 22.3 Å². The van der Waals surface area contributed by atoms with Crippen LogP contribution in [-0.2, 0) is 26.7 Å². The number of hydrogen-bond donors (Lipinski definition) is 2. The summed E-state index contributed by atoms with van der Waals surface area (Å²) in [6.45, 7) is 13.6. The third-order valence-electron chi connectivity index (χ3n) is 12.1. The Kier molecular flexibility index (Phi) is 11.7. The molecule has 0 aromatic heterocycles. The van der Waals surface area contributed by atoms with Crippen LogP contribution in [-0.4, -0.2) is 60.3 Å². The molecule has 0 aromatic carbocycles. The van der Waals surface area contributed by atoms with Gasteiger partial charge in [0.1, 0.15) is 0 Å². The molecule has 9 heteroatoms. The van der Waals surface area contributed by atoms with Crippen molar-refractivity contribution in [2.75, 3.05) is 0 Å². The molecule has 3 fully saturated rings. The molecule has 0 aliphatic carbocycles. The average molecular weight is 639 g/mol. The first-order valence-electron chi connectivity index (χ1n) is 16.7. The molecule has 12 atom stereocenters. The van der Waals surface area contributed by atoms with Crippen LogP contribution in [0.3, 0.4) is 0 Å². The van der Waals surface area contributed by atoms with Crippen molar-refractivity contribution in [2.24, 2.45) is 23.7 Å². The molecule has 5 aliphatic rings. The molecule has 3 saturated heterocycles. The maximum absolute atomic E-state index is 11.5. The summed E-state index contributed by atoms with van der Waals surface area (Å²) in [5, 5.41) is 41.9. The van der Waals surface area contributed by atoms with Gasteiger partial charge in [-0.1, -0.05) is 80.1 Å². The van der Waals surface area contributed by atoms with E-state index in [9.17, 15) is 19.8 Å². The van der Waals surface area contributed by atoms with E-state index in [0.717, 1.165) is 38.5 Å². The first-order valence-corrected chi connectivity index (χ1v) is 16.7. The first kappa shape index (κ1) is 34.6. The number of nitrogens with one attached hydrogen (secondary N) is 2. The summed E-state index contributed by atoms with van der Waals surface area (Å²) in [7, 11) is 0. The predicted octanol–water partition coefficient (Wildman–Crippen LogP) is 3.73. The Morgan fingerprint density at radius 1 is 0.698 bits per heavy atom. The van der Waals surface area contributed by atoms with Gasteiger partial charge in [0.2, 0.25) is 0 Å². The van der Waals surface area contributed by atoms with Crippen molar-refractivity contribution in [1.82, 2.24) is 10.6 Å². The number of fused-ring (bicyclic) bond motifs is 8. The van der Waals surface area contributed by atoms with Crippen molar-refractivity contribution in [3.8, 4) is 0 Å². The van der Waals surface area contributed by atoms with Gasteiger partial charge in [-0.3, -0.25) is 0 Å². The minimum absolute atomic E-state index is 0. The Labute approximate surface area is 272 Å². The van der Waals surface area contributed by atoms with Crippen LogP contribution in [0.1, 0.15) is 109 Å². The Balaban J connectivity index is 0.00000235. The Bertz CT molecular complexity index is 1110. The topological polar surface area (TPSA) is 133 Å². The summed E-state index contributed by atoms with van der Waals surface area (Å²) in [6, 6.07) is 1.59. The molecule has 8 nitrogen and oxygen atoms in total. The van der Waals surface area contributed by atoms with Crippen LogP contribution in [0.25, 0.3) is 10.6 Å². The van der Waals surface area contributed by atoms with Crippen LogP contribution in [0.2, 0.25) is 0 Å². The number of nitrogens with zero attached hydrogens (tertiary/aromatic N) is 2. The van der Waals surface area contributed by atoms with Crippen LogP contribution in [0, 0.1) is 23.7 Å². The molecule has 242 valence electrons. The van der Waals surface area contributed by atoms with E-state index in [-0.39, 0.29) is 92.7 Å². The summed E-state index contributed by atoms with van der Waals surface area (Å²) in [5.41, 5.74) is 6.00. The maximum atomic E-state index is 11.5. The van der Waals surface area contributed by atoms with Crippen LogP contribution >= 0.6 is 0 Å². The third-order valence-corrected chi connectivity index (χ3v) is 12.1. The zero-order valence-corrected chi connectivity index (χ0v) is 28.0. The minimum Gasteiger partial charge on any atom is -0.656 e. The largest absolute Gasteiger partial charge is 2.00 e. The summed E-state index contributed by atoms with van der Waals surface area (Å²) >= 11 is 0. The molecular weight excluding hydrogens is 584 g/mol. The van der Waals surface area contributed by atoms with Gasteiger partial charge < -0.3 is 41.1 Å². The first-order chi connectivity index (χ1) is 20.0. The normalized spacial score (nSPS) is 41.1. The number of carboxylic acid groups (broad SMARTS) is 2. The number of aliphatic carboxylic acids is 2. The molecule has 43 heavy (non-hydrogen) atoms. The minimum atomic E-state index is -1.00. The van der Waals surface area contributed by atoms with E-state index >= 15 is 0 Å². The van der Waals surface area contributed by atoms with Crippen molar-refractivity contribution in [3.63, 3.8) is 0 Å². The predicted molar refractivity (Wildman–Crippen MR) is 164 cm³/mol. The second-order valence-corrected chi connectivity index (χ2v) is 14.0. The van der Waals surface area contributed by atoms with E-state index in [1.165, 1.54) is 22.3 Å². The number of carbonyl (C=O) groups excluding carboxylic acids is 2. The Morgan fingerprint density at radius 3 is 1.51 bits per heavy atom. The monoisotopic (exact) mass is 638 g/mol. The smallest absolute Gasteiger partial charge is 0.656 e. The van der Waals surface area contributed by atoms with Crippen LogP contribution in [0.5, 0.6) is 0 Å². The van der Waals surface area contributed by atoms with Crippen molar-refractivity contribution in [3.05, 3.63) is 32.9 Å². The molecule has 0 spiro atoms. The fraction of sp³-hybridized carbons (Fsp3) is 0.824. The van der Waals surface area contributed by atoms with E-state index in [4.69, 9.17) is 10.6 Å². The Hall–Kier alpha value is -1.22. The molecule has 5 aliphatic heterocycles. The van der Waals surface area contributed by atoms with E-state index in [1.807, 2.05) is 0 Å². The van der Waals surface area contributed by atoms with Crippen molar-refractivity contribution < 1.29 is 39.7 Å². The van der Waals surface area contributed by atoms with Gasteiger partial charge in [0.05, 0.1) is 0 Å². The molecule has 0 aromatic rings. The zero-order chi connectivity index (χ0) is 30.3. The molecule has 5 rings (SSSR count). The SMILES string of the molecule is CCC1=C(C)C2CC3[N-]C(CC4[N-]C(CC5NC(CC1N2)C(C)=C5CC)C(C)C4CCC(=O)[O-])C(CCC(=O)[O-])C3C.[Fe+2].[H+].[H+]. The summed E-state index contributed by atoms with van der Waals surface area (Å²) in [6.07, 6.45) is 6.95. The van der Waals surface area contributed by atoms with Gasteiger partial charge in [0.15, 0.2) is 0 Å². The molecule has 2 N–H and O–H groups in total. The zero-order valence-electron chi connectivity index (χ0n) is 28.9. The van der Waals surface area contributed by atoms with Gasteiger partial charge in [-0.05, 0) is 71.6 Å². The quantitative estimate of drug-likeness (QED) is 0.308. The molecule has 0 radical (unpaired) electrons. The fourth-order valence-corrected chi connectivity index (χ4v) is 9.62. The van der Waals surface area contributed by atoms with Gasteiger partial charge in [0.25, 0.3) is 0 Å². The van der Waals surface area contributed by atoms with Gasteiger partial charge in [-0.15, -0.1) is 24.2 Å². The number of carboxylic acids is 2. The molecule has 0 saturated carbocycles. The van der Waals surface area contributed by atoms with Gasteiger partial charge in [-0.25, -0.2) is 0 Å². The van der Waals surface area contributed by atoms with E-state index in [2.05, 4.69) is 52.2 Å². The standard InChI is InChI=1S/C34H54N4O4.Fe/c1-7-21-17(3)25-13-26-19(5)23(9-11-33(39)40)31(37-26)16-32-24(10-12-34(41)42)20(6)28(38-32)15-30-22(8-2)18(4)27(36-30)14-29(21)35-25;/h19-20,23-32,35-36H,7-16H2,1-6H3,(H,39,40)(H,41,42);/q-2;+2. The van der Waals surface area contributed by atoms with E-state index in [1.54, 1.807) is 0 Å². The molecule has 8 bridgehead atoms. The summed E-state index contributed by atoms with van der Waals surface area (Å²) < 4.78 is 0. The Morgan fingerprint density at radius 2 is 1.09 bits per heavy atom. The second-order valence-electron chi connectivity index (χ2n) is 14.0. The molecule has 12 unspecified atom stereocenters. The third kappa shape index (κ3) is 7.12. The summed E-state index contributed by atoms with van der Waals surface area (Å²) in [4.78, 5) is 23.0.